The van der Waals surface area contributed by atoms with Crippen LogP contribution in [0.2, 0.25) is 0 Å². The van der Waals surface area contributed by atoms with Gasteiger partial charge in [0, 0.05) is 6.04 Å². The van der Waals surface area contributed by atoms with Gasteiger partial charge in [-0.1, -0.05) is 0 Å². The number of nitrogens with zero attached hydrogens (tertiary/aromatic N) is 1. The van der Waals surface area contributed by atoms with Crippen molar-refractivity contribution in [1.82, 2.24) is 4.90 Å². The predicted molar refractivity (Wildman–Crippen MR) is 54.5 cm³/mol. The van der Waals surface area contributed by atoms with Crippen molar-refractivity contribution in [3.63, 3.8) is 0 Å². The highest BCUT2D eigenvalue weighted by Crippen LogP contribution is 2.54. The average Bonchev–Trinajstić information content (AvgIpc) is 2.00. The molecule has 0 radical (unpaired) electrons. The zero-order chi connectivity index (χ0) is 9.00. The SMILES string of the molecule is CN(C)C1C2CC3CC(C2)CC1C3. The fourth-order valence-corrected chi connectivity index (χ4v) is 4.74. The summed E-state index contributed by atoms with van der Waals surface area (Å²) in [5.74, 6) is 4.37. The Labute approximate surface area is 81.5 Å². The molecule has 0 aromatic heterocycles. The van der Waals surface area contributed by atoms with Gasteiger partial charge in [-0.15, -0.1) is 0 Å². The first-order chi connectivity index (χ1) is 6.24. The number of hydrogen-bond donors (Lipinski definition) is 0. The van der Waals surface area contributed by atoms with Crippen LogP contribution >= 0.6 is 0 Å². The molecule has 4 aliphatic carbocycles. The second-order valence-electron chi connectivity index (χ2n) is 5.88. The van der Waals surface area contributed by atoms with Crippen LogP contribution in [0.1, 0.15) is 32.1 Å². The molecule has 74 valence electrons. The van der Waals surface area contributed by atoms with E-state index in [1.165, 1.54) is 0 Å². The van der Waals surface area contributed by atoms with Crippen LogP contribution < -0.4 is 0 Å². The van der Waals surface area contributed by atoms with Gasteiger partial charge in [-0.25, -0.2) is 0 Å². The largest absolute Gasteiger partial charge is 0.306 e. The molecule has 4 rings (SSSR count). The standard InChI is InChI=1S/C12H21N/c1-13(2)12-10-4-8-3-9(6-10)7-11(12)5-8/h8-12H,3-7H2,1-2H3. The van der Waals surface area contributed by atoms with Gasteiger partial charge in [-0.2, -0.15) is 0 Å². The van der Waals surface area contributed by atoms with Gasteiger partial charge in [-0.3, -0.25) is 0 Å². The van der Waals surface area contributed by atoms with Crippen molar-refractivity contribution < 1.29 is 0 Å². The van der Waals surface area contributed by atoms with Crippen LogP contribution in [-0.2, 0) is 0 Å². The number of rotatable bonds is 1. The second-order valence-corrected chi connectivity index (χ2v) is 5.88. The number of hydrogen-bond acceptors (Lipinski definition) is 1. The van der Waals surface area contributed by atoms with Crippen molar-refractivity contribution in [1.29, 1.82) is 0 Å². The molecule has 0 aromatic rings. The van der Waals surface area contributed by atoms with Gasteiger partial charge in [0.2, 0.25) is 0 Å². The molecule has 0 spiro atoms. The van der Waals surface area contributed by atoms with Crippen LogP contribution in [0.3, 0.4) is 0 Å². The van der Waals surface area contributed by atoms with Gasteiger partial charge in [0.1, 0.15) is 0 Å². The summed E-state index contributed by atoms with van der Waals surface area (Å²) in [5, 5.41) is 0. The van der Waals surface area contributed by atoms with E-state index in [1.807, 2.05) is 0 Å². The van der Waals surface area contributed by atoms with Crippen LogP contribution in [0.25, 0.3) is 0 Å². The molecule has 0 heterocycles. The topological polar surface area (TPSA) is 3.24 Å². The fraction of sp³-hybridized carbons (Fsp3) is 1.00. The van der Waals surface area contributed by atoms with Crippen molar-refractivity contribution in [3.8, 4) is 0 Å². The molecule has 1 heteroatoms. The van der Waals surface area contributed by atoms with Crippen molar-refractivity contribution in [2.45, 2.75) is 38.1 Å². The molecule has 0 N–H and O–H groups in total. The Bertz CT molecular complexity index is 181. The Morgan fingerprint density at radius 3 is 1.62 bits per heavy atom. The normalized spacial score (nSPS) is 53.3. The Morgan fingerprint density at radius 1 is 0.769 bits per heavy atom. The van der Waals surface area contributed by atoms with E-state index in [4.69, 9.17) is 0 Å². The lowest BCUT2D eigenvalue weighted by atomic mass is 9.54. The van der Waals surface area contributed by atoms with E-state index in [-0.39, 0.29) is 0 Å². The summed E-state index contributed by atoms with van der Waals surface area (Å²) in [4.78, 5) is 2.51. The van der Waals surface area contributed by atoms with Gasteiger partial charge in [0.05, 0.1) is 0 Å². The van der Waals surface area contributed by atoms with E-state index in [1.54, 1.807) is 32.1 Å². The van der Waals surface area contributed by atoms with Crippen molar-refractivity contribution >= 4 is 0 Å². The van der Waals surface area contributed by atoms with Crippen LogP contribution in [0, 0.1) is 23.7 Å². The highest BCUT2D eigenvalue weighted by atomic mass is 15.1. The van der Waals surface area contributed by atoms with Gasteiger partial charge in [0.15, 0.2) is 0 Å². The highest BCUT2D eigenvalue weighted by Gasteiger charge is 2.48. The van der Waals surface area contributed by atoms with Crippen LogP contribution in [0.5, 0.6) is 0 Å². The van der Waals surface area contributed by atoms with E-state index in [9.17, 15) is 0 Å². The summed E-state index contributed by atoms with van der Waals surface area (Å²) in [6.45, 7) is 0. The van der Waals surface area contributed by atoms with Gasteiger partial charge in [0.25, 0.3) is 0 Å². The molecular formula is C12H21N. The summed E-state index contributed by atoms with van der Waals surface area (Å²) in [6, 6.07) is 0.938. The van der Waals surface area contributed by atoms with E-state index in [0.717, 1.165) is 29.7 Å². The summed E-state index contributed by atoms with van der Waals surface area (Å²) in [7, 11) is 4.57. The van der Waals surface area contributed by atoms with Gasteiger partial charge in [-0.05, 0) is 69.9 Å². The molecule has 4 aliphatic rings. The zero-order valence-corrected chi connectivity index (χ0v) is 8.87. The first kappa shape index (κ1) is 8.28. The molecule has 4 saturated carbocycles. The van der Waals surface area contributed by atoms with E-state index in [0.29, 0.717) is 0 Å². The van der Waals surface area contributed by atoms with Crippen molar-refractivity contribution in [2.24, 2.45) is 23.7 Å². The van der Waals surface area contributed by atoms with Crippen LogP contribution in [0.15, 0.2) is 0 Å². The fourth-order valence-electron chi connectivity index (χ4n) is 4.74. The minimum Gasteiger partial charge on any atom is -0.306 e. The van der Waals surface area contributed by atoms with E-state index in [2.05, 4.69) is 19.0 Å². The summed E-state index contributed by atoms with van der Waals surface area (Å²) in [6.07, 6.45) is 7.78. The van der Waals surface area contributed by atoms with Crippen molar-refractivity contribution in [3.05, 3.63) is 0 Å². The molecule has 0 unspecified atom stereocenters. The molecule has 0 aromatic carbocycles. The molecule has 13 heavy (non-hydrogen) atoms. The minimum atomic E-state index is 0.938. The van der Waals surface area contributed by atoms with E-state index < -0.39 is 0 Å². The molecule has 0 saturated heterocycles. The Morgan fingerprint density at radius 2 is 1.23 bits per heavy atom. The molecule has 0 aliphatic heterocycles. The van der Waals surface area contributed by atoms with Gasteiger partial charge >= 0.3 is 0 Å². The Hall–Kier alpha value is -0.0400. The predicted octanol–water partition coefficient (Wildman–Crippen LogP) is 2.37. The molecule has 0 amide bonds. The monoisotopic (exact) mass is 179 g/mol. The lowest BCUT2D eigenvalue weighted by Crippen LogP contribution is -2.53. The van der Waals surface area contributed by atoms with Crippen molar-refractivity contribution in [2.75, 3.05) is 14.1 Å². The van der Waals surface area contributed by atoms with Gasteiger partial charge < -0.3 is 4.90 Å². The summed E-state index contributed by atoms with van der Waals surface area (Å²) >= 11 is 0. The first-order valence-electron chi connectivity index (χ1n) is 5.90. The Balaban J connectivity index is 1.85. The smallest absolute Gasteiger partial charge is 0.0146 e. The third-order valence-corrected chi connectivity index (χ3v) is 4.77. The maximum Gasteiger partial charge on any atom is 0.0146 e. The minimum absolute atomic E-state index is 0.938. The summed E-state index contributed by atoms with van der Waals surface area (Å²) < 4.78 is 0. The third-order valence-electron chi connectivity index (χ3n) is 4.77. The lowest BCUT2D eigenvalue weighted by Gasteiger charge is -2.56. The molecular weight excluding hydrogens is 158 g/mol. The molecule has 4 bridgehead atoms. The molecule has 1 nitrogen and oxygen atoms in total. The molecule has 0 atom stereocenters. The molecule has 4 fully saturated rings. The second kappa shape index (κ2) is 2.73. The van der Waals surface area contributed by atoms with Crippen LogP contribution in [0.4, 0.5) is 0 Å². The maximum absolute atomic E-state index is 2.51. The zero-order valence-electron chi connectivity index (χ0n) is 8.87. The lowest BCUT2D eigenvalue weighted by molar-refractivity contribution is -0.0500. The average molecular weight is 179 g/mol. The van der Waals surface area contributed by atoms with E-state index >= 15 is 0 Å². The third kappa shape index (κ3) is 1.16. The van der Waals surface area contributed by atoms with Crippen LogP contribution in [-0.4, -0.2) is 25.0 Å². The quantitative estimate of drug-likeness (QED) is 0.597. The Kier molecular flexibility index (Phi) is 1.74. The summed E-state index contributed by atoms with van der Waals surface area (Å²) in [5.41, 5.74) is 0. The first-order valence-corrected chi connectivity index (χ1v) is 5.90. The highest BCUT2D eigenvalue weighted by molar-refractivity contribution is 5.01. The maximum atomic E-state index is 2.51.